The molecule has 1 aliphatic heterocycles. The topological polar surface area (TPSA) is 20.3 Å². The highest BCUT2D eigenvalue weighted by atomic mass is 79.9. The van der Waals surface area contributed by atoms with Crippen molar-refractivity contribution in [2.45, 2.75) is 18.6 Å². The minimum Gasteiger partial charge on any atom is -0.337 e. The van der Waals surface area contributed by atoms with Crippen LogP contribution < -0.4 is 0 Å². The molecule has 1 amide bonds. The van der Waals surface area contributed by atoms with Crippen LogP contribution in [-0.4, -0.2) is 34.9 Å². The fourth-order valence-electron chi connectivity index (χ4n) is 1.76. The lowest BCUT2D eigenvalue weighted by Gasteiger charge is -2.31. The average molecular weight is 320 g/mol. The Morgan fingerprint density at radius 3 is 3.12 bits per heavy atom. The van der Waals surface area contributed by atoms with Gasteiger partial charge in [-0.25, -0.2) is 0 Å². The third-order valence-corrected chi connectivity index (χ3v) is 5.57. The molecule has 1 aromatic rings. The van der Waals surface area contributed by atoms with Crippen molar-refractivity contribution in [1.82, 2.24) is 4.90 Å². The highest BCUT2D eigenvalue weighted by molar-refractivity contribution is 9.11. The molecule has 0 N–H and O–H groups in total. The van der Waals surface area contributed by atoms with E-state index < -0.39 is 0 Å². The summed E-state index contributed by atoms with van der Waals surface area (Å²) in [5.41, 5.74) is 0.818. The van der Waals surface area contributed by atoms with Crippen LogP contribution in [0.5, 0.6) is 0 Å². The monoisotopic (exact) mass is 319 g/mol. The standard InChI is InChI=1S/C11H14BrNOS2/c1-2-9-6-13(3-4-15-9)11(14)8-5-10(12)16-7-8/h5,7,9H,2-4,6H2,1H3. The van der Waals surface area contributed by atoms with E-state index >= 15 is 0 Å². The Hall–Kier alpha value is -0.000000000000000111. The van der Waals surface area contributed by atoms with Crippen LogP contribution in [0.4, 0.5) is 0 Å². The Kier molecular flexibility index (Phi) is 4.33. The number of carbonyl (C=O) groups is 1. The predicted molar refractivity (Wildman–Crippen MR) is 74.5 cm³/mol. The molecule has 5 heteroatoms. The number of halogens is 1. The molecule has 1 aliphatic rings. The summed E-state index contributed by atoms with van der Waals surface area (Å²) in [7, 11) is 0. The molecule has 0 aliphatic carbocycles. The molecule has 1 saturated heterocycles. The van der Waals surface area contributed by atoms with Crippen LogP contribution in [0.2, 0.25) is 0 Å². The molecule has 2 rings (SSSR count). The molecule has 0 saturated carbocycles. The molecule has 0 bridgehead atoms. The van der Waals surface area contributed by atoms with E-state index in [2.05, 4.69) is 22.9 Å². The second kappa shape index (κ2) is 5.56. The summed E-state index contributed by atoms with van der Waals surface area (Å²) in [6, 6.07) is 1.91. The van der Waals surface area contributed by atoms with Gasteiger partial charge in [0.15, 0.2) is 0 Å². The molecule has 2 heterocycles. The van der Waals surface area contributed by atoms with E-state index in [4.69, 9.17) is 0 Å². The minimum absolute atomic E-state index is 0.181. The van der Waals surface area contributed by atoms with Gasteiger partial charge in [-0.3, -0.25) is 4.79 Å². The molecule has 1 fully saturated rings. The molecule has 0 radical (unpaired) electrons. The van der Waals surface area contributed by atoms with E-state index in [1.54, 1.807) is 11.3 Å². The van der Waals surface area contributed by atoms with Crippen LogP contribution >= 0.6 is 39.0 Å². The number of hydrogen-bond donors (Lipinski definition) is 0. The highest BCUT2D eigenvalue weighted by Crippen LogP contribution is 2.25. The fourth-order valence-corrected chi connectivity index (χ4v) is 4.07. The van der Waals surface area contributed by atoms with Gasteiger partial charge in [0.25, 0.3) is 5.91 Å². The number of amides is 1. The largest absolute Gasteiger partial charge is 0.337 e. The molecule has 16 heavy (non-hydrogen) atoms. The number of hydrogen-bond acceptors (Lipinski definition) is 3. The van der Waals surface area contributed by atoms with Gasteiger partial charge in [0, 0.05) is 29.5 Å². The second-order valence-electron chi connectivity index (χ2n) is 3.79. The van der Waals surface area contributed by atoms with Crippen LogP contribution in [-0.2, 0) is 0 Å². The van der Waals surface area contributed by atoms with E-state index in [-0.39, 0.29) is 5.91 Å². The van der Waals surface area contributed by atoms with Crippen LogP contribution in [0, 0.1) is 0 Å². The van der Waals surface area contributed by atoms with Gasteiger partial charge < -0.3 is 4.90 Å². The van der Waals surface area contributed by atoms with Crippen LogP contribution in [0.3, 0.4) is 0 Å². The van der Waals surface area contributed by atoms with Crippen molar-refractivity contribution < 1.29 is 4.79 Å². The molecule has 1 aromatic heterocycles. The van der Waals surface area contributed by atoms with Gasteiger partial charge in [-0.15, -0.1) is 11.3 Å². The van der Waals surface area contributed by atoms with E-state index in [9.17, 15) is 4.79 Å². The molecular formula is C11H14BrNOS2. The highest BCUT2D eigenvalue weighted by Gasteiger charge is 2.24. The Balaban J connectivity index is 2.04. The van der Waals surface area contributed by atoms with E-state index in [0.29, 0.717) is 5.25 Å². The van der Waals surface area contributed by atoms with Gasteiger partial charge in [-0.1, -0.05) is 6.92 Å². The summed E-state index contributed by atoms with van der Waals surface area (Å²) in [5.74, 6) is 1.25. The first-order valence-corrected chi connectivity index (χ1v) is 8.07. The minimum atomic E-state index is 0.181. The predicted octanol–water partition coefficient (Wildman–Crippen LogP) is 3.48. The van der Waals surface area contributed by atoms with Crippen molar-refractivity contribution in [2.24, 2.45) is 0 Å². The van der Waals surface area contributed by atoms with Crippen molar-refractivity contribution in [2.75, 3.05) is 18.8 Å². The summed E-state index contributed by atoms with van der Waals surface area (Å²) in [4.78, 5) is 14.2. The van der Waals surface area contributed by atoms with Crippen molar-refractivity contribution in [3.8, 4) is 0 Å². The smallest absolute Gasteiger partial charge is 0.254 e. The molecule has 1 unspecified atom stereocenters. The van der Waals surface area contributed by atoms with Crippen molar-refractivity contribution in [1.29, 1.82) is 0 Å². The lowest BCUT2D eigenvalue weighted by Crippen LogP contribution is -2.41. The SMILES string of the molecule is CCC1CN(C(=O)c2csc(Br)c2)CCS1. The zero-order valence-electron chi connectivity index (χ0n) is 9.11. The summed E-state index contributed by atoms with van der Waals surface area (Å²) in [6.07, 6.45) is 1.14. The normalized spacial score (nSPS) is 21.1. The number of thiophene rings is 1. The summed E-state index contributed by atoms with van der Waals surface area (Å²) < 4.78 is 1.02. The quantitative estimate of drug-likeness (QED) is 0.831. The van der Waals surface area contributed by atoms with Gasteiger partial charge >= 0.3 is 0 Å². The van der Waals surface area contributed by atoms with Crippen molar-refractivity contribution >= 4 is 44.9 Å². The van der Waals surface area contributed by atoms with Crippen molar-refractivity contribution in [3.63, 3.8) is 0 Å². The molecular weight excluding hydrogens is 306 g/mol. The fraction of sp³-hybridized carbons (Fsp3) is 0.545. The summed E-state index contributed by atoms with van der Waals surface area (Å²) >= 11 is 6.95. The van der Waals surface area contributed by atoms with Gasteiger partial charge in [-0.2, -0.15) is 11.8 Å². The van der Waals surface area contributed by atoms with Crippen molar-refractivity contribution in [3.05, 3.63) is 20.8 Å². The summed E-state index contributed by atoms with van der Waals surface area (Å²) in [6.45, 7) is 3.97. The molecule has 0 aromatic carbocycles. The zero-order chi connectivity index (χ0) is 11.5. The van der Waals surface area contributed by atoms with Crippen LogP contribution in [0.1, 0.15) is 23.7 Å². The maximum Gasteiger partial charge on any atom is 0.254 e. The Bertz CT molecular complexity index is 380. The number of carbonyl (C=O) groups excluding carboxylic acids is 1. The second-order valence-corrected chi connectivity index (χ2v) is 7.49. The zero-order valence-corrected chi connectivity index (χ0v) is 12.3. The van der Waals surface area contributed by atoms with E-state index in [1.807, 2.05) is 28.1 Å². The first-order valence-electron chi connectivity index (χ1n) is 5.35. The van der Waals surface area contributed by atoms with Gasteiger partial charge in [0.1, 0.15) is 0 Å². The van der Waals surface area contributed by atoms with Crippen LogP contribution in [0.25, 0.3) is 0 Å². The maximum absolute atomic E-state index is 12.2. The molecule has 0 spiro atoms. The third kappa shape index (κ3) is 2.81. The average Bonchev–Trinajstić information content (AvgIpc) is 2.75. The molecule has 88 valence electrons. The Morgan fingerprint density at radius 2 is 2.50 bits per heavy atom. The van der Waals surface area contributed by atoms with Gasteiger partial charge in [0.05, 0.1) is 9.35 Å². The van der Waals surface area contributed by atoms with E-state index in [0.717, 1.165) is 34.6 Å². The lowest BCUT2D eigenvalue weighted by molar-refractivity contribution is 0.0761. The summed E-state index contributed by atoms with van der Waals surface area (Å²) in [5, 5.41) is 2.54. The number of thioether (sulfide) groups is 1. The first-order chi connectivity index (χ1) is 7.70. The molecule has 1 atom stereocenters. The lowest BCUT2D eigenvalue weighted by atomic mass is 10.2. The Morgan fingerprint density at radius 1 is 1.69 bits per heavy atom. The van der Waals surface area contributed by atoms with E-state index in [1.165, 1.54) is 0 Å². The van der Waals surface area contributed by atoms with Gasteiger partial charge in [0.2, 0.25) is 0 Å². The number of nitrogens with zero attached hydrogens (tertiary/aromatic N) is 1. The van der Waals surface area contributed by atoms with Crippen LogP contribution in [0.15, 0.2) is 15.2 Å². The number of rotatable bonds is 2. The Labute approximate surface area is 113 Å². The maximum atomic E-state index is 12.2. The third-order valence-electron chi connectivity index (χ3n) is 2.70. The molecule has 2 nitrogen and oxygen atoms in total. The van der Waals surface area contributed by atoms with Gasteiger partial charge in [-0.05, 0) is 28.4 Å². The first kappa shape index (κ1) is 12.5.